The molecule has 0 fully saturated rings. The Morgan fingerprint density at radius 3 is 1.70 bits per heavy atom. The van der Waals surface area contributed by atoms with Crippen LogP contribution >= 0.6 is 45.4 Å². The second-order valence-electron chi connectivity index (χ2n) is 2.45. The van der Waals surface area contributed by atoms with E-state index in [1.54, 1.807) is 0 Å². The first kappa shape index (κ1) is 11.4. The zero-order valence-electron chi connectivity index (χ0n) is 5.71. The lowest BCUT2D eigenvalue weighted by Gasteiger charge is -2.15. The molecule has 5 heteroatoms. The van der Waals surface area contributed by atoms with Gasteiger partial charge in [0.15, 0.2) is 0 Å². The van der Waals surface area contributed by atoms with E-state index in [1.165, 1.54) is 0 Å². The molecule has 0 nitrogen and oxygen atoms in total. The summed E-state index contributed by atoms with van der Waals surface area (Å²) < 4.78 is 0. The highest BCUT2D eigenvalue weighted by molar-refractivity contribution is 7.44. The van der Waals surface area contributed by atoms with Gasteiger partial charge in [-0.05, 0) is 18.5 Å². The first-order valence-electron chi connectivity index (χ1n) is 2.99. The molecule has 0 amide bonds. The van der Waals surface area contributed by atoms with Crippen LogP contribution in [0.3, 0.4) is 0 Å². The predicted octanol–water partition coefficient (Wildman–Crippen LogP) is 3.63. The van der Waals surface area contributed by atoms with Gasteiger partial charge in [-0.1, -0.05) is 0 Å². The molecule has 0 aliphatic heterocycles. The third-order valence-corrected chi connectivity index (χ3v) is 4.18. The van der Waals surface area contributed by atoms with Crippen LogP contribution in [0.15, 0.2) is 0 Å². The van der Waals surface area contributed by atoms with Crippen LogP contribution in [0.5, 0.6) is 0 Å². The Morgan fingerprint density at radius 2 is 1.60 bits per heavy atom. The zero-order chi connectivity index (χ0) is 8.20. The molecule has 0 aromatic heterocycles. The summed E-state index contributed by atoms with van der Waals surface area (Å²) in [6, 6.07) is 0.781. The summed E-state index contributed by atoms with van der Waals surface area (Å²) in [5.41, 5.74) is 0. The van der Waals surface area contributed by atoms with E-state index in [-0.39, 0.29) is 5.92 Å². The Kier molecular flexibility index (Phi) is 5.80. The molecule has 0 bridgehead atoms. The second kappa shape index (κ2) is 5.10. The summed E-state index contributed by atoms with van der Waals surface area (Å²) in [5, 5.41) is 0. The fourth-order valence-corrected chi connectivity index (χ4v) is 4.18. The van der Waals surface area contributed by atoms with Gasteiger partial charge in [0.1, 0.15) is 0 Å². The summed E-state index contributed by atoms with van der Waals surface area (Å²) in [6.45, 7) is -0.109. The summed E-state index contributed by atoms with van der Waals surface area (Å²) in [6.07, 6.45) is 0. The first-order valence-corrected chi connectivity index (χ1v) is 8.79. The average molecular weight is 240 g/mol. The molecule has 0 aromatic rings. The van der Waals surface area contributed by atoms with Gasteiger partial charge in [-0.2, -0.15) is 0 Å². The minimum absolute atomic E-state index is 0.273. The molecule has 0 atom stereocenters. The van der Waals surface area contributed by atoms with Crippen molar-refractivity contribution in [2.75, 3.05) is 11.8 Å². The van der Waals surface area contributed by atoms with Crippen molar-refractivity contribution in [1.82, 2.24) is 0 Å². The molecule has 0 N–H and O–H groups in total. The van der Waals surface area contributed by atoms with Crippen LogP contribution in [-0.2, 0) is 0 Å². The van der Waals surface area contributed by atoms with E-state index < -0.39 is 6.69 Å². The van der Waals surface area contributed by atoms with Crippen LogP contribution in [0, 0.1) is 5.92 Å². The van der Waals surface area contributed by atoms with Gasteiger partial charge < -0.3 is 0 Å². The summed E-state index contributed by atoms with van der Waals surface area (Å²) in [4.78, 5) is 0. The Labute approximate surface area is 82.2 Å². The van der Waals surface area contributed by atoms with Crippen molar-refractivity contribution in [2.45, 2.75) is 12.6 Å². The molecule has 0 spiro atoms. The smallest absolute Gasteiger partial charge is 0.146 e. The van der Waals surface area contributed by atoms with E-state index in [0.717, 1.165) is 6.04 Å². The highest BCUT2D eigenvalue weighted by Crippen LogP contribution is 2.26. The Balaban J connectivity index is 3.63. The molecule has 0 aliphatic carbocycles. The van der Waals surface area contributed by atoms with Gasteiger partial charge in [0.2, 0.25) is 6.69 Å². The van der Waals surface area contributed by atoms with Crippen LogP contribution in [-0.4, -0.2) is 18.5 Å². The van der Waals surface area contributed by atoms with Crippen LogP contribution in [0.25, 0.3) is 0 Å². The van der Waals surface area contributed by atoms with Gasteiger partial charge in [-0.15, -0.1) is 45.4 Å². The topological polar surface area (TPSA) is 0 Å². The van der Waals surface area contributed by atoms with Gasteiger partial charge in [0.05, 0.1) is 0 Å². The van der Waals surface area contributed by atoms with Gasteiger partial charge in [-0.25, -0.2) is 0 Å². The van der Waals surface area contributed by atoms with E-state index >= 15 is 0 Å². The first-order chi connectivity index (χ1) is 4.49. The minimum Gasteiger partial charge on any atom is -0.146 e. The molecule has 0 rings (SSSR count). The van der Waals surface area contributed by atoms with Crippen LogP contribution in [0.1, 0.15) is 0 Å². The molecule has 0 saturated heterocycles. The molecular formula is C5H10Cl4Si. The predicted molar refractivity (Wildman–Crippen MR) is 53.1 cm³/mol. The molecular weight excluding hydrogens is 230 g/mol. The zero-order valence-corrected chi connectivity index (χ0v) is 9.73. The lowest BCUT2D eigenvalue weighted by molar-refractivity contribution is 0.745. The van der Waals surface area contributed by atoms with E-state index in [0.29, 0.717) is 11.8 Å². The number of alkyl halides is 2. The maximum atomic E-state index is 5.87. The van der Waals surface area contributed by atoms with Crippen molar-refractivity contribution in [2.24, 2.45) is 5.92 Å². The van der Waals surface area contributed by atoms with Crippen molar-refractivity contribution < 1.29 is 0 Å². The van der Waals surface area contributed by atoms with Gasteiger partial charge >= 0.3 is 0 Å². The maximum Gasteiger partial charge on any atom is 0.248 e. The van der Waals surface area contributed by atoms with Gasteiger partial charge in [0.25, 0.3) is 0 Å². The lowest BCUT2D eigenvalue weighted by atomic mass is 10.3. The van der Waals surface area contributed by atoms with E-state index in [2.05, 4.69) is 0 Å². The highest BCUT2D eigenvalue weighted by atomic mass is 35.7. The molecule has 62 valence electrons. The Morgan fingerprint density at radius 1 is 1.20 bits per heavy atom. The van der Waals surface area contributed by atoms with Crippen LogP contribution < -0.4 is 0 Å². The van der Waals surface area contributed by atoms with Crippen molar-refractivity contribution in [3.63, 3.8) is 0 Å². The third-order valence-electron chi connectivity index (χ3n) is 1.08. The third kappa shape index (κ3) is 6.11. The molecule has 0 unspecified atom stereocenters. The van der Waals surface area contributed by atoms with E-state index in [1.807, 2.05) is 6.55 Å². The fourth-order valence-electron chi connectivity index (χ4n) is 0.657. The normalized spacial score (nSPS) is 12.6. The van der Waals surface area contributed by atoms with Crippen LogP contribution in [0.4, 0.5) is 0 Å². The molecule has 0 radical (unpaired) electrons. The van der Waals surface area contributed by atoms with Crippen molar-refractivity contribution >= 4 is 52.1 Å². The average Bonchev–Trinajstić information content (AvgIpc) is 1.81. The molecule has 10 heavy (non-hydrogen) atoms. The maximum absolute atomic E-state index is 5.87. The largest absolute Gasteiger partial charge is 0.248 e. The Hall–Kier alpha value is 1.38. The molecule has 0 heterocycles. The van der Waals surface area contributed by atoms with Gasteiger partial charge in [-0.3, -0.25) is 0 Å². The quantitative estimate of drug-likeness (QED) is 0.400. The number of hydrogen-bond donors (Lipinski definition) is 0. The van der Waals surface area contributed by atoms with Gasteiger partial charge in [0, 0.05) is 11.8 Å². The lowest BCUT2D eigenvalue weighted by Crippen LogP contribution is -2.20. The molecule has 0 aliphatic rings. The SMILES string of the molecule is C[Si](Cl)(Cl)CC(CCl)CCl. The number of rotatable bonds is 4. The minimum atomic E-state index is -1.99. The van der Waals surface area contributed by atoms with E-state index in [4.69, 9.17) is 45.4 Å². The summed E-state index contributed by atoms with van der Waals surface area (Å²) in [7, 11) is 0. The van der Waals surface area contributed by atoms with Crippen LogP contribution in [0.2, 0.25) is 12.6 Å². The summed E-state index contributed by atoms with van der Waals surface area (Å²) in [5.74, 6) is 1.37. The van der Waals surface area contributed by atoms with Crippen molar-refractivity contribution in [1.29, 1.82) is 0 Å². The van der Waals surface area contributed by atoms with E-state index in [9.17, 15) is 0 Å². The molecule has 0 saturated carbocycles. The Bertz CT molecular complexity index is 86.1. The standard InChI is InChI=1S/C5H10Cl4Si/c1-10(8,9)4-5(2-6)3-7/h5H,2-4H2,1H3. The number of halogens is 4. The second-order valence-corrected chi connectivity index (χ2v) is 11.2. The number of hydrogen-bond acceptors (Lipinski definition) is 0. The molecule has 0 aromatic carbocycles. The highest BCUT2D eigenvalue weighted by Gasteiger charge is 2.25. The monoisotopic (exact) mass is 238 g/mol. The summed E-state index contributed by atoms with van der Waals surface area (Å²) >= 11 is 22.9. The fraction of sp³-hybridized carbons (Fsp3) is 1.00. The van der Waals surface area contributed by atoms with Crippen molar-refractivity contribution in [3.8, 4) is 0 Å². The van der Waals surface area contributed by atoms with Crippen molar-refractivity contribution in [3.05, 3.63) is 0 Å².